The van der Waals surface area contributed by atoms with E-state index in [1.807, 2.05) is 24.4 Å². The lowest BCUT2D eigenvalue weighted by Gasteiger charge is -2.01. The van der Waals surface area contributed by atoms with Gasteiger partial charge in [-0.3, -0.25) is 4.98 Å². The van der Waals surface area contributed by atoms with E-state index in [-0.39, 0.29) is 6.15 Å². The molecule has 0 spiro atoms. The average Bonchev–Trinajstić information content (AvgIpc) is 2.30. The lowest BCUT2D eigenvalue weighted by atomic mass is 10.1. The minimum Gasteiger partial charge on any atom is -0.344 e. The number of rotatable bonds is 2. The van der Waals surface area contributed by atoms with Gasteiger partial charge in [-0.25, -0.2) is 0 Å². The summed E-state index contributed by atoms with van der Waals surface area (Å²) in [7, 11) is 0. The van der Waals surface area contributed by atoms with Crippen LogP contribution >= 0.6 is 0 Å². The van der Waals surface area contributed by atoms with E-state index in [4.69, 9.17) is 0 Å². The number of aryl methyl sites for hydroxylation is 1. The number of pyridine rings is 1. The second-order valence-electron chi connectivity index (χ2n) is 3.26. The highest BCUT2D eigenvalue weighted by atomic mass is 14.7. The number of hydrogen-bond acceptors (Lipinski definition) is 2. The molecule has 15 heavy (non-hydrogen) atoms. The van der Waals surface area contributed by atoms with E-state index in [1.165, 1.54) is 11.1 Å². The summed E-state index contributed by atoms with van der Waals surface area (Å²) < 4.78 is 0. The molecule has 0 unspecified atom stereocenters. The summed E-state index contributed by atoms with van der Waals surface area (Å²) in [6, 6.07) is 14.5. The van der Waals surface area contributed by atoms with Crippen molar-refractivity contribution in [1.29, 1.82) is 0 Å². The van der Waals surface area contributed by atoms with Crippen molar-refractivity contribution < 1.29 is 0 Å². The third kappa shape index (κ3) is 2.64. The maximum absolute atomic E-state index is 4.37. The van der Waals surface area contributed by atoms with Gasteiger partial charge in [0, 0.05) is 17.5 Å². The summed E-state index contributed by atoms with van der Waals surface area (Å²) in [6.07, 6.45) is 2.93. The maximum Gasteiger partial charge on any atom is 0.0401 e. The van der Waals surface area contributed by atoms with Gasteiger partial charge < -0.3 is 6.15 Å². The molecule has 0 radical (unpaired) electrons. The van der Waals surface area contributed by atoms with E-state index in [1.54, 1.807) is 0 Å². The Labute approximate surface area is 90.6 Å². The van der Waals surface area contributed by atoms with Crippen molar-refractivity contribution in [2.45, 2.75) is 13.3 Å². The van der Waals surface area contributed by atoms with Crippen LogP contribution in [0.2, 0.25) is 0 Å². The van der Waals surface area contributed by atoms with Crippen molar-refractivity contribution in [2.75, 3.05) is 0 Å². The van der Waals surface area contributed by atoms with E-state index >= 15 is 0 Å². The van der Waals surface area contributed by atoms with Gasteiger partial charge in [-0.1, -0.05) is 43.3 Å². The van der Waals surface area contributed by atoms with Gasteiger partial charge >= 0.3 is 0 Å². The van der Waals surface area contributed by atoms with E-state index in [0.717, 1.165) is 12.1 Å². The minimum absolute atomic E-state index is 0. The Morgan fingerprint density at radius 2 is 1.67 bits per heavy atom. The fraction of sp³-hybridized carbons (Fsp3) is 0.154. The number of benzene rings is 1. The molecule has 0 aliphatic heterocycles. The van der Waals surface area contributed by atoms with E-state index < -0.39 is 0 Å². The molecule has 0 atom stereocenters. The average molecular weight is 200 g/mol. The highest BCUT2D eigenvalue weighted by molar-refractivity contribution is 5.62. The smallest absolute Gasteiger partial charge is 0.0401 e. The standard InChI is InChI=1S/C13H13N.H3N/c1-2-13-9-8-12(10-14-13)11-6-4-3-5-7-11;/h3-10H,2H2,1H3;1H3. The SMILES string of the molecule is CCc1ccc(-c2ccccc2)cn1.N. The Morgan fingerprint density at radius 1 is 0.933 bits per heavy atom. The fourth-order valence-electron chi connectivity index (χ4n) is 1.43. The van der Waals surface area contributed by atoms with E-state index in [9.17, 15) is 0 Å². The molecular formula is C13H16N2. The molecule has 0 aliphatic carbocycles. The zero-order valence-corrected chi connectivity index (χ0v) is 8.98. The van der Waals surface area contributed by atoms with Gasteiger partial charge in [-0.15, -0.1) is 0 Å². The van der Waals surface area contributed by atoms with Crippen molar-refractivity contribution in [3.05, 3.63) is 54.4 Å². The zero-order chi connectivity index (χ0) is 9.80. The molecule has 0 fully saturated rings. The molecule has 2 heteroatoms. The molecule has 2 rings (SSSR count). The monoisotopic (exact) mass is 200 g/mol. The van der Waals surface area contributed by atoms with Gasteiger partial charge in [-0.2, -0.15) is 0 Å². The van der Waals surface area contributed by atoms with Gasteiger partial charge in [0.05, 0.1) is 0 Å². The molecule has 2 nitrogen and oxygen atoms in total. The normalized spacial score (nSPS) is 9.40. The van der Waals surface area contributed by atoms with Crippen molar-refractivity contribution in [3.8, 4) is 11.1 Å². The Bertz CT molecular complexity index is 393. The lowest BCUT2D eigenvalue weighted by Crippen LogP contribution is -1.86. The summed E-state index contributed by atoms with van der Waals surface area (Å²) in [5.41, 5.74) is 3.55. The highest BCUT2D eigenvalue weighted by Gasteiger charge is 1.96. The van der Waals surface area contributed by atoms with E-state index in [2.05, 4.69) is 36.2 Å². The summed E-state index contributed by atoms with van der Waals surface area (Å²) in [5, 5.41) is 0. The first-order valence-corrected chi connectivity index (χ1v) is 4.90. The van der Waals surface area contributed by atoms with Crippen molar-refractivity contribution in [3.63, 3.8) is 0 Å². The molecule has 0 saturated heterocycles. The van der Waals surface area contributed by atoms with Crippen LogP contribution in [-0.4, -0.2) is 4.98 Å². The third-order valence-electron chi connectivity index (χ3n) is 2.29. The van der Waals surface area contributed by atoms with Crippen LogP contribution in [-0.2, 0) is 6.42 Å². The van der Waals surface area contributed by atoms with Crippen LogP contribution in [0.3, 0.4) is 0 Å². The quantitative estimate of drug-likeness (QED) is 0.806. The summed E-state index contributed by atoms with van der Waals surface area (Å²) in [4.78, 5) is 4.37. The highest BCUT2D eigenvalue weighted by Crippen LogP contribution is 2.17. The van der Waals surface area contributed by atoms with Gasteiger partial charge in [0.25, 0.3) is 0 Å². The Balaban J connectivity index is 0.00000112. The summed E-state index contributed by atoms with van der Waals surface area (Å²) >= 11 is 0. The van der Waals surface area contributed by atoms with Crippen molar-refractivity contribution in [1.82, 2.24) is 11.1 Å². The van der Waals surface area contributed by atoms with Crippen LogP contribution in [0, 0.1) is 0 Å². The van der Waals surface area contributed by atoms with Gasteiger partial charge in [-0.05, 0) is 18.1 Å². The Hall–Kier alpha value is -1.67. The molecule has 0 amide bonds. The summed E-state index contributed by atoms with van der Waals surface area (Å²) in [6.45, 7) is 2.12. The minimum atomic E-state index is 0. The zero-order valence-electron chi connectivity index (χ0n) is 8.98. The Morgan fingerprint density at radius 3 is 2.20 bits per heavy atom. The van der Waals surface area contributed by atoms with Gasteiger partial charge in [0.15, 0.2) is 0 Å². The second-order valence-corrected chi connectivity index (χ2v) is 3.26. The molecule has 1 heterocycles. The number of nitrogens with zero attached hydrogens (tertiary/aromatic N) is 1. The molecule has 0 aliphatic rings. The first-order valence-electron chi connectivity index (χ1n) is 4.90. The molecule has 2 aromatic rings. The first kappa shape index (κ1) is 11.4. The van der Waals surface area contributed by atoms with Crippen LogP contribution in [0.25, 0.3) is 11.1 Å². The molecule has 78 valence electrons. The topological polar surface area (TPSA) is 47.9 Å². The van der Waals surface area contributed by atoms with Gasteiger partial charge in [0.2, 0.25) is 0 Å². The fourth-order valence-corrected chi connectivity index (χ4v) is 1.43. The molecule has 1 aromatic heterocycles. The molecule has 0 bridgehead atoms. The third-order valence-corrected chi connectivity index (χ3v) is 2.29. The Kier molecular flexibility index (Phi) is 4.01. The van der Waals surface area contributed by atoms with Crippen LogP contribution in [0.5, 0.6) is 0 Å². The first-order chi connectivity index (χ1) is 6.90. The van der Waals surface area contributed by atoms with E-state index in [0.29, 0.717) is 0 Å². The maximum atomic E-state index is 4.37. The van der Waals surface area contributed by atoms with Crippen LogP contribution in [0.15, 0.2) is 48.7 Å². The molecule has 3 N–H and O–H groups in total. The van der Waals surface area contributed by atoms with Gasteiger partial charge in [0.1, 0.15) is 0 Å². The largest absolute Gasteiger partial charge is 0.344 e. The molecule has 0 saturated carbocycles. The van der Waals surface area contributed by atoms with Crippen molar-refractivity contribution >= 4 is 0 Å². The van der Waals surface area contributed by atoms with Crippen LogP contribution in [0.4, 0.5) is 0 Å². The van der Waals surface area contributed by atoms with Crippen molar-refractivity contribution in [2.24, 2.45) is 0 Å². The number of aromatic nitrogens is 1. The van der Waals surface area contributed by atoms with Crippen LogP contribution < -0.4 is 6.15 Å². The predicted octanol–water partition coefficient (Wildman–Crippen LogP) is 3.47. The van der Waals surface area contributed by atoms with Crippen LogP contribution in [0.1, 0.15) is 12.6 Å². The molecule has 1 aromatic carbocycles. The lowest BCUT2D eigenvalue weighted by molar-refractivity contribution is 1.04. The number of hydrogen-bond donors (Lipinski definition) is 1. The molecular weight excluding hydrogens is 184 g/mol. The summed E-state index contributed by atoms with van der Waals surface area (Å²) in [5.74, 6) is 0. The second kappa shape index (κ2) is 5.27. The predicted molar refractivity (Wildman–Crippen MR) is 64.1 cm³/mol.